The molecular weight excluding hydrogens is 264 g/mol. The maximum atomic E-state index is 11.4. The number of benzene rings is 2. The van der Waals surface area contributed by atoms with E-state index in [1.807, 2.05) is 43.3 Å². The number of nitrogens with zero attached hydrogens (tertiary/aromatic N) is 1. The average Bonchev–Trinajstić information content (AvgIpc) is 2.44. The Morgan fingerprint density at radius 1 is 1.19 bits per heavy atom. The second-order valence-corrected chi connectivity index (χ2v) is 5.16. The van der Waals surface area contributed by atoms with Crippen LogP contribution in [0.2, 0.25) is 0 Å². The van der Waals surface area contributed by atoms with Crippen molar-refractivity contribution in [2.45, 2.75) is 20.4 Å². The Bertz CT molecular complexity index is 636. The number of amides is 1. The second-order valence-electron chi connectivity index (χ2n) is 5.16. The molecule has 2 rings (SSSR count). The Morgan fingerprint density at radius 3 is 2.48 bits per heavy atom. The maximum absolute atomic E-state index is 11.4. The van der Waals surface area contributed by atoms with E-state index in [1.165, 1.54) is 12.5 Å². The summed E-state index contributed by atoms with van der Waals surface area (Å²) in [5.74, 6) is 1.47. The predicted molar refractivity (Wildman–Crippen MR) is 84.3 cm³/mol. The fourth-order valence-electron chi connectivity index (χ4n) is 1.92. The summed E-state index contributed by atoms with van der Waals surface area (Å²) in [6, 6.07) is 13.3. The molecule has 110 valence electrons. The van der Waals surface area contributed by atoms with Crippen molar-refractivity contribution in [3.8, 4) is 11.5 Å². The molecule has 0 aliphatic carbocycles. The van der Waals surface area contributed by atoms with Gasteiger partial charge in [-0.15, -0.1) is 0 Å². The lowest BCUT2D eigenvalue weighted by molar-refractivity contribution is -0.128. The lowest BCUT2D eigenvalue weighted by Gasteiger charge is -2.18. The molecule has 4 nitrogen and oxygen atoms in total. The van der Waals surface area contributed by atoms with Gasteiger partial charge in [-0.25, -0.2) is 0 Å². The first kappa shape index (κ1) is 14.9. The molecule has 0 unspecified atom stereocenters. The zero-order valence-electron chi connectivity index (χ0n) is 12.6. The Morgan fingerprint density at radius 2 is 1.86 bits per heavy atom. The van der Waals surface area contributed by atoms with Crippen LogP contribution in [0, 0.1) is 6.92 Å². The molecular formula is C17H20N2O2. The van der Waals surface area contributed by atoms with E-state index in [1.54, 1.807) is 18.0 Å². The van der Waals surface area contributed by atoms with Crippen LogP contribution in [0.25, 0.3) is 0 Å². The highest BCUT2D eigenvalue weighted by Gasteiger charge is 2.10. The van der Waals surface area contributed by atoms with Crippen molar-refractivity contribution < 1.29 is 9.53 Å². The lowest BCUT2D eigenvalue weighted by Crippen LogP contribution is -2.23. The molecule has 0 saturated heterocycles. The Balaban J connectivity index is 2.26. The molecule has 0 spiro atoms. The van der Waals surface area contributed by atoms with Gasteiger partial charge < -0.3 is 15.4 Å². The molecule has 0 radical (unpaired) electrons. The molecule has 2 N–H and O–H groups in total. The van der Waals surface area contributed by atoms with Crippen molar-refractivity contribution in [2.24, 2.45) is 0 Å². The van der Waals surface area contributed by atoms with Crippen LogP contribution < -0.4 is 10.5 Å². The van der Waals surface area contributed by atoms with E-state index in [0.717, 1.165) is 11.3 Å². The molecule has 0 atom stereocenters. The van der Waals surface area contributed by atoms with Gasteiger partial charge in [0.2, 0.25) is 5.91 Å². The largest absolute Gasteiger partial charge is 0.457 e. The first-order chi connectivity index (χ1) is 9.95. The van der Waals surface area contributed by atoms with Crippen LogP contribution in [0.15, 0.2) is 42.5 Å². The fourth-order valence-corrected chi connectivity index (χ4v) is 1.92. The lowest BCUT2D eigenvalue weighted by atomic mass is 10.1. The first-order valence-electron chi connectivity index (χ1n) is 6.80. The number of nitrogen functional groups attached to an aromatic ring is 1. The van der Waals surface area contributed by atoms with E-state index < -0.39 is 0 Å². The Kier molecular flexibility index (Phi) is 4.48. The van der Waals surface area contributed by atoms with Crippen molar-refractivity contribution in [3.63, 3.8) is 0 Å². The molecule has 0 aliphatic heterocycles. The number of aryl methyl sites for hydroxylation is 1. The van der Waals surface area contributed by atoms with Crippen molar-refractivity contribution in [1.82, 2.24) is 4.90 Å². The van der Waals surface area contributed by atoms with Gasteiger partial charge in [0, 0.05) is 31.8 Å². The van der Waals surface area contributed by atoms with E-state index in [0.29, 0.717) is 18.0 Å². The molecule has 4 heteroatoms. The minimum atomic E-state index is -0.00119. The van der Waals surface area contributed by atoms with Crippen LogP contribution in [0.4, 0.5) is 5.69 Å². The van der Waals surface area contributed by atoms with Crippen LogP contribution >= 0.6 is 0 Å². The van der Waals surface area contributed by atoms with Crippen LogP contribution in [-0.4, -0.2) is 17.9 Å². The van der Waals surface area contributed by atoms with E-state index in [9.17, 15) is 4.79 Å². The van der Waals surface area contributed by atoms with Gasteiger partial charge in [0.25, 0.3) is 0 Å². The van der Waals surface area contributed by atoms with E-state index in [-0.39, 0.29) is 5.91 Å². The molecule has 21 heavy (non-hydrogen) atoms. The normalized spacial score (nSPS) is 10.2. The SMILES string of the molecule is CC(=O)N(C)Cc1cc(N)ccc1Oc1ccc(C)cc1. The summed E-state index contributed by atoms with van der Waals surface area (Å²) in [6.45, 7) is 4.02. The monoisotopic (exact) mass is 284 g/mol. The van der Waals surface area contributed by atoms with Gasteiger partial charge in [0.05, 0.1) is 0 Å². The maximum Gasteiger partial charge on any atom is 0.219 e. The molecule has 1 amide bonds. The van der Waals surface area contributed by atoms with Crippen LogP contribution in [0.5, 0.6) is 11.5 Å². The third-order valence-corrected chi connectivity index (χ3v) is 3.28. The summed E-state index contributed by atoms with van der Waals surface area (Å²) < 4.78 is 5.91. The topological polar surface area (TPSA) is 55.6 Å². The highest BCUT2D eigenvalue weighted by Crippen LogP contribution is 2.28. The molecule has 0 fully saturated rings. The standard InChI is InChI=1S/C17H20N2O2/c1-12-4-7-16(8-5-12)21-17-9-6-15(18)10-14(17)11-19(3)13(2)20/h4-10H,11,18H2,1-3H3. The van der Waals surface area contributed by atoms with Gasteiger partial charge in [0.1, 0.15) is 11.5 Å². The first-order valence-corrected chi connectivity index (χ1v) is 6.80. The van der Waals surface area contributed by atoms with Gasteiger partial charge in [-0.2, -0.15) is 0 Å². The molecule has 0 aromatic heterocycles. The third-order valence-electron chi connectivity index (χ3n) is 3.28. The van der Waals surface area contributed by atoms with Gasteiger partial charge >= 0.3 is 0 Å². The summed E-state index contributed by atoms with van der Waals surface area (Å²) in [4.78, 5) is 13.0. The van der Waals surface area contributed by atoms with Crippen molar-refractivity contribution in [1.29, 1.82) is 0 Å². The smallest absolute Gasteiger partial charge is 0.219 e. The molecule has 0 heterocycles. The number of hydrogen-bond acceptors (Lipinski definition) is 3. The Hall–Kier alpha value is -2.49. The van der Waals surface area contributed by atoms with Gasteiger partial charge in [-0.05, 0) is 37.3 Å². The van der Waals surface area contributed by atoms with E-state index in [4.69, 9.17) is 10.5 Å². The summed E-state index contributed by atoms with van der Waals surface area (Å²) in [6.07, 6.45) is 0. The number of ether oxygens (including phenoxy) is 1. The average molecular weight is 284 g/mol. The van der Waals surface area contributed by atoms with Gasteiger partial charge in [-0.1, -0.05) is 17.7 Å². The quantitative estimate of drug-likeness (QED) is 0.876. The van der Waals surface area contributed by atoms with Crippen molar-refractivity contribution in [2.75, 3.05) is 12.8 Å². The molecule has 2 aromatic carbocycles. The fraction of sp³-hybridized carbons (Fsp3) is 0.235. The molecule has 0 aliphatic rings. The third kappa shape index (κ3) is 3.99. The Labute approximate surface area is 125 Å². The van der Waals surface area contributed by atoms with Crippen LogP contribution in [0.3, 0.4) is 0 Å². The van der Waals surface area contributed by atoms with Gasteiger partial charge in [0.15, 0.2) is 0 Å². The van der Waals surface area contributed by atoms with E-state index >= 15 is 0 Å². The highest BCUT2D eigenvalue weighted by atomic mass is 16.5. The van der Waals surface area contributed by atoms with E-state index in [2.05, 4.69) is 0 Å². The number of rotatable bonds is 4. The summed E-state index contributed by atoms with van der Waals surface area (Å²) in [7, 11) is 1.75. The zero-order chi connectivity index (χ0) is 15.4. The molecule has 0 saturated carbocycles. The summed E-state index contributed by atoms with van der Waals surface area (Å²) in [5.41, 5.74) is 8.54. The van der Waals surface area contributed by atoms with Crippen LogP contribution in [0.1, 0.15) is 18.1 Å². The second kappa shape index (κ2) is 6.31. The number of carbonyl (C=O) groups is 1. The minimum Gasteiger partial charge on any atom is -0.457 e. The number of carbonyl (C=O) groups excluding carboxylic acids is 1. The number of nitrogens with two attached hydrogens (primary N) is 1. The number of anilines is 1. The van der Waals surface area contributed by atoms with Crippen molar-refractivity contribution >= 4 is 11.6 Å². The summed E-state index contributed by atoms with van der Waals surface area (Å²) >= 11 is 0. The zero-order valence-corrected chi connectivity index (χ0v) is 12.6. The molecule has 0 bridgehead atoms. The minimum absolute atomic E-state index is 0.00119. The summed E-state index contributed by atoms with van der Waals surface area (Å²) in [5, 5.41) is 0. The van der Waals surface area contributed by atoms with Crippen LogP contribution in [-0.2, 0) is 11.3 Å². The van der Waals surface area contributed by atoms with Gasteiger partial charge in [-0.3, -0.25) is 4.79 Å². The predicted octanol–water partition coefficient (Wildman–Crippen LogP) is 3.35. The van der Waals surface area contributed by atoms with Crippen molar-refractivity contribution in [3.05, 3.63) is 53.6 Å². The highest BCUT2D eigenvalue weighted by molar-refractivity contribution is 5.73. The number of hydrogen-bond donors (Lipinski definition) is 1. The molecule has 2 aromatic rings.